The first-order chi connectivity index (χ1) is 7.67. The average molecular weight is 239 g/mol. The van der Waals surface area contributed by atoms with Gasteiger partial charge in [0.1, 0.15) is 0 Å². The van der Waals surface area contributed by atoms with E-state index < -0.39 is 0 Å². The molecule has 16 heavy (non-hydrogen) atoms. The minimum absolute atomic E-state index is 0.0193. The van der Waals surface area contributed by atoms with E-state index in [1.165, 1.54) is 6.07 Å². The molecule has 0 fully saturated rings. The molecule has 0 saturated heterocycles. The molecule has 1 amide bonds. The Bertz CT molecular complexity index is 426. The maximum absolute atomic E-state index is 11.3. The summed E-state index contributed by atoms with van der Waals surface area (Å²) in [4.78, 5) is 11.3. The van der Waals surface area contributed by atoms with Crippen LogP contribution in [0.25, 0.3) is 0 Å². The summed E-state index contributed by atoms with van der Waals surface area (Å²) in [7, 11) is 0. The van der Waals surface area contributed by atoms with Crippen molar-refractivity contribution in [2.24, 2.45) is 0 Å². The summed E-state index contributed by atoms with van der Waals surface area (Å²) in [5.41, 5.74) is 0.918. The van der Waals surface area contributed by atoms with Crippen molar-refractivity contribution in [3.8, 4) is 6.07 Å². The van der Waals surface area contributed by atoms with E-state index in [0.717, 1.165) is 0 Å². The summed E-state index contributed by atoms with van der Waals surface area (Å²) < 4.78 is 0. The van der Waals surface area contributed by atoms with Crippen LogP contribution in [-0.4, -0.2) is 17.6 Å². The van der Waals surface area contributed by atoms with Crippen molar-refractivity contribution < 1.29 is 9.90 Å². The highest BCUT2D eigenvalue weighted by molar-refractivity contribution is 6.33. The van der Waals surface area contributed by atoms with Crippen LogP contribution < -0.4 is 5.32 Å². The lowest BCUT2D eigenvalue weighted by Gasteiger charge is -2.06. The Morgan fingerprint density at radius 1 is 1.56 bits per heavy atom. The minimum atomic E-state index is -0.208. The van der Waals surface area contributed by atoms with Gasteiger partial charge in [-0.2, -0.15) is 5.26 Å². The maximum Gasteiger partial charge on any atom is 0.224 e. The zero-order valence-corrected chi connectivity index (χ0v) is 9.29. The Morgan fingerprint density at radius 3 is 2.88 bits per heavy atom. The summed E-state index contributed by atoms with van der Waals surface area (Å²) in [6.45, 7) is -0.0193. The molecule has 0 aromatic heterocycles. The molecule has 0 aliphatic heterocycles. The number of hydrogen-bond donors (Lipinski definition) is 2. The van der Waals surface area contributed by atoms with Crippen molar-refractivity contribution in [1.82, 2.24) is 0 Å². The van der Waals surface area contributed by atoms with Crippen LogP contribution in [0.2, 0.25) is 5.02 Å². The number of nitrogens with one attached hydrogen (secondary N) is 1. The lowest BCUT2D eigenvalue weighted by atomic mass is 10.2. The van der Waals surface area contributed by atoms with Gasteiger partial charge >= 0.3 is 0 Å². The molecule has 2 N–H and O–H groups in total. The minimum Gasteiger partial charge on any atom is -0.396 e. The van der Waals surface area contributed by atoms with E-state index in [9.17, 15) is 4.79 Å². The van der Waals surface area contributed by atoms with E-state index in [-0.39, 0.29) is 18.9 Å². The van der Waals surface area contributed by atoms with Crippen LogP contribution in [0, 0.1) is 11.3 Å². The van der Waals surface area contributed by atoms with Crippen LogP contribution in [-0.2, 0) is 4.79 Å². The van der Waals surface area contributed by atoms with Gasteiger partial charge in [-0.25, -0.2) is 0 Å². The highest BCUT2D eigenvalue weighted by Crippen LogP contribution is 2.22. The zero-order chi connectivity index (χ0) is 12.0. The molecule has 4 nitrogen and oxygen atoms in total. The van der Waals surface area contributed by atoms with Gasteiger partial charge in [0.15, 0.2) is 0 Å². The van der Waals surface area contributed by atoms with Gasteiger partial charge in [-0.15, -0.1) is 0 Å². The molecule has 0 aliphatic rings. The molecular weight excluding hydrogens is 228 g/mol. The standard InChI is InChI=1S/C11H11ClN2O2/c12-9-6-8(7-13)3-4-10(9)14-11(16)2-1-5-15/h3-4,6,15H,1-2,5H2,(H,14,16). The number of benzene rings is 1. The van der Waals surface area contributed by atoms with Crippen molar-refractivity contribution in [3.63, 3.8) is 0 Å². The lowest BCUT2D eigenvalue weighted by Crippen LogP contribution is -2.12. The Kier molecular flexibility index (Phi) is 4.77. The highest BCUT2D eigenvalue weighted by Gasteiger charge is 2.06. The van der Waals surface area contributed by atoms with E-state index in [1.54, 1.807) is 12.1 Å². The number of carbonyl (C=O) groups is 1. The van der Waals surface area contributed by atoms with Crippen molar-refractivity contribution in [3.05, 3.63) is 28.8 Å². The Balaban J connectivity index is 2.68. The number of aliphatic hydroxyl groups is 1. The Labute approximate surface area is 98.5 Å². The fourth-order valence-corrected chi connectivity index (χ4v) is 1.37. The summed E-state index contributed by atoms with van der Waals surface area (Å²) in [5.74, 6) is -0.208. The molecule has 0 saturated carbocycles. The number of halogens is 1. The fourth-order valence-electron chi connectivity index (χ4n) is 1.14. The number of aliphatic hydroxyl groups excluding tert-OH is 1. The highest BCUT2D eigenvalue weighted by atomic mass is 35.5. The molecule has 5 heteroatoms. The molecule has 0 radical (unpaired) electrons. The monoisotopic (exact) mass is 238 g/mol. The van der Waals surface area contributed by atoms with Crippen LogP contribution in [0.15, 0.2) is 18.2 Å². The molecule has 0 heterocycles. The summed E-state index contributed by atoms with van der Waals surface area (Å²) in [6, 6.07) is 6.60. The normalized spacial score (nSPS) is 9.56. The molecule has 0 spiro atoms. The zero-order valence-electron chi connectivity index (χ0n) is 8.53. The Morgan fingerprint density at radius 2 is 2.31 bits per heavy atom. The molecule has 1 aromatic carbocycles. The molecule has 84 valence electrons. The molecule has 0 bridgehead atoms. The number of anilines is 1. The second kappa shape index (κ2) is 6.11. The van der Waals surface area contributed by atoms with Gasteiger partial charge in [0.25, 0.3) is 0 Å². The van der Waals surface area contributed by atoms with Gasteiger partial charge < -0.3 is 10.4 Å². The first-order valence-corrected chi connectivity index (χ1v) is 5.15. The quantitative estimate of drug-likeness (QED) is 0.842. The van der Waals surface area contributed by atoms with Crippen LogP contribution in [0.5, 0.6) is 0 Å². The average Bonchev–Trinajstić information content (AvgIpc) is 2.29. The van der Waals surface area contributed by atoms with Crippen LogP contribution in [0.4, 0.5) is 5.69 Å². The van der Waals surface area contributed by atoms with E-state index in [0.29, 0.717) is 22.7 Å². The van der Waals surface area contributed by atoms with Crippen LogP contribution in [0.3, 0.4) is 0 Å². The second-order valence-corrected chi connectivity index (χ2v) is 3.59. The van der Waals surface area contributed by atoms with E-state index in [1.807, 2.05) is 6.07 Å². The fraction of sp³-hybridized carbons (Fsp3) is 0.273. The number of amides is 1. The van der Waals surface area contributed by atoms with E-state index in [2.05, 4.69) is 5.32 Å². The summed E-state index contributed by atoms with van der Waals surface area (Å²) >= 11 is 5.87. The lowest BCUT2D eigenvalue weighted by molar-refractivity contribution is -0.116. The summed E-state index contributed by atoms with van der Waals surface area (Å²) in [5, 5.41) is 20.1. The first-order valence-electron chi connectivity index (χ1n) is 4.77. The van der Waals surface area contributed by atoms with Gasteiger partial charge in [-0.1, -0.05) is 11.6 Å². The molecule has 1 aromatic rings. The van der Waals surface area contributed by atoms with Crippen molar-refractivity contribution in [1.29, 1.82) is 5.26 Å². The SMILES string of the molecule is N#Cc1ccc(NC(=O)CCCO)c(Cl)c1. The van der Waals surface area contributed by atoms with Crippen LogP contribution >= 0.6 is 11.6 Å². The van der Waals surface area contributed by atoms with Gasteiger partial charge in [-0.3, -0.25) is 4.79 Å². The number of nitriles is 1. The van der Waals surface area contributed by atoms with Crippen molar-refractivity contribution in [2.45, 2.75) is 12.8 Å². The number of carbonyl (C=O) groups excluding carboxylic acids is 1. The first kappa shape index (κ1) is 12.5. The number of hydrogen-bond acceptors (Lipinski definition) is 3. The third-order valence-corrected chi connectivity index (χ3v) is 2.25. The number of nitrogens with zero attached hydrogens (tertiary/aromatic N) is 1. The van der Waals surface area contributed by atoms with Gasteiger partial charge in [0.2, 0.25) is 5.91 Å². The van der Waals surface area contributed by atoms with Crippen LogP contribution in [0.1, 0.15) is 18.4 Å². The van der Waals surface area contributed by atoms with E-state index >= 15 is 0 Å². The van der Waals surface area contributed by atoms with E-state index in [4.69, 9.17) is 22.0 Å². The largest absolute Gasteiger partial charge is 0.396 e. The third kappa shape index (κ3) is 3.54. The smallest absolute Gasteiger partial charge is 0.224 e. The molecular formula is C11H11ClN2O2. The molecule has 0 unspecified atom stereocenters. The second-order valence-electron chi connectivity index (χ2n) is 3.18. The van der Waals surface area contributed by atoms with Gasteiger partial charge in [-0.05, 0) is 24.6 Å². The molecule has 1 rings (SSSR count). The predicted octanol–water partition coefficient (Wildman–Crippen LogP) is 1.92. The molecule has 0 aliphatic carbocycles. The third-order valence-electron chi connectivity index (χ3n) is 1.93. The molecule has 0 atom stereocenters. The Hall–Kier alpha value is -1.57. The summed E-state index contributed by atoms with van der Waals surface area (Å²) in [6.07, 6.45) is 0.659. The topological polar surface area (TPSA) is 73.1 Å². The predicted molar refractivity (Wildman–Crippen MR) is 61.1 cm³/mol. The van der Waals surface area contributed by atoms with Crippen molar-refractivity contribution in [2.75, 3.05) is 11.9 Å². The van der Waals surface area contributed by atoms with Gasteiger partial charge in [0.05, 0.1) is 22.3 Å². The maximum atomic E-state index is 11.3. The van der Waals surface area contributed by atoms with Crippen molar-refractivity contribution >= 4 is 23.2 Å². The van der Waals surface area contributed by atoms with Gasteiger partial charge in [0, 0.05) is 13.0 Å². The number of rotatable bonds is 4.